The van der Waals surface area contributed by atoms with E-state index >= 15 is 0 Å². The summed E-state index contributed by atoms with van der Waals surface area (Å²) in [5.41, 5.74) is 10.6. The standard InChI is InChI=1S/C21H27NO2.ClH/c1-14-11-18(19(22)20(23)17-9-6-10-17)12-15(2)21(14)24-13-16-7-4-3-5-8-16;/h3-5,7-8,11-12,17,19-20,23H,6,9-10,13,22H2,1-2H3;1H/t19-,20+;/m1./s1. The lowest BCUT2D eigenvalue weighted by Gasteiger charge is -2.34. The van der Waals surface area contributed by atoms with Crippen LogP contribution in [-0.2, 0) is 6.61 Å². The quantitative estimate of drug-likeness (QED) is 0.798. The van der Waals surface area contributed by atoms with Crippen LogP contribution in [0.2, 0.25) is 0 Å². The molecule has 0 radical (unpaired) electrons. The highest BCUT2D eigenvalue weighted by atomic mass is 35.5. The lowest BCUT2D eigenvalue weighted by Crippen LogP contribution is -2.36. The fourth-order valence-corrected chi connectivity index (χ4v) is 3.41. The Labute approximate surface area is 156 Å². The van der Waals surface area contributed by atoms with E-state index in [1.807, 2.05) is 32.0 Å². The van der Waals surface area contributed by atoms with Crippen molar-refractivity contribution in [3.8, 4) is 5.75 Å². The maximum atomic E-state index is 10.4. The van der Waals surface area contributed by atoms with Gasteiger partial charge in [0.15, 0.2) is 0 Å². The van der Waals surface area contributed by atoms with E-state index in [2.05, 4.69) is 24.3 Å². The summed E-state index contributed by atoms with van der Waals surface area (Å²) in [6.45, 7) is 4.64. The molecule has 0 spiro atoms. The van der Waals surface area contributed by atoms with E-state index in [1.165, 1.54) is 6.42 Å². The Morgan fingerprint density at radius 1 is 1.12 bits per heavy atom. The van der Waals surface area contributed by atoms with Crippen LogP contribution in [0.15, 0.2) is 42.5 Å². The van der Waals surface area contributed by atoms with Gasteiger partial charge < -0.3 is 15.6 Å². The van der Waals surface area contributed by atoms with E-state index < -0.39 is 6.10 Å². The predicted molar refractivity (Wildman–Crippen MR) is 104 cm³/mol. The first-order chi connectivity index (χ1) is 11.6. The molecule has 0 heterocycles. The predicted octanol–water partition coefficient (Wildman–Crippen LogP) is 4.47. The van der Waals surface area contributed by atoms with Crippen LogP contribution in [0.3, 0.4) is 0 Å². The Bertz CT molecular complexity index is 663. The Hall–Kier alpha value is -1.55. The van der Waals surface area contributed by atoms with Gasteiger partial charge in [-0.15, -0.1) is 12.4 Å². The average Bonchev–Trinajstić information content (AvgIpc) is 2.52. The SMILES string of the molecule is Cc1cc([C@@H](N)[C@@H](O)C2CCC2)cc(C)c1OCc1ccccc1.Cl. The smallest absolute Gasteiger partial charge is 0.125 e. The van der Waals surface area contributed by atoms with Gasteiger partial charge in [0.05, 0.1) is 12.1 Å². The number of aliphatic hydroxyl groups excluding tert-OH is 1. The minimum atomic E-state index is -0.450. The summed E-state index contributed by atoms with van der Waals surface area (Å²) in [6.07, 6.45) is 2.93. The lowest BCUT2D eigenvalue weighted by molar-refractivity contribution is 0.0413. The van der Waals surface area contributed by atoms with E-state index in [1.54, 1.807) is 0 Å². The maximum absolute atomic E-state index is 10.4. The molecule has 0 aliphatic heterocycles. The van der Waals surface area contributed by atoms with Crippen LogP contribution in [0.4, 0.5) is 0 Å². The van der Waals surface area contributed by atoms with Gasteiger partial charge in [-0.3, -0.25) is 0 Å². The van der Waals surface area contributed by atoms with E-state index in [0.717, 1.165) is 40.8 Å². The van der Waals surface area contributed by atoms with Crippen molar-refractivity contribution in [2.45, 2.75) is 51.9 Å². The number of ether oxygens (including phenoxy) is 1. The van der Waals surface area contributed by atoms with Crippen molar-refractivity contribution < 1.29 is 9.84 Å². The van der Waals surface area contributed by atoms with Gasteiger partial charge in [-0.05, 0) is 54.9 Å². The van der Waals surface area contributed by atoms with Crippen molar-refractivity contribution in [3.63, 3.8) is 0 Å². The van der Waals surface area contributed by atoms with Gasteiger partial charge in [-0.25, -0.2) is 0 Å². The number of aryl methyl sites for hydroxylation is 2. The molecule has 1 fully saturated rings. The van der Waals surface area contributed by atoms with E-state index in [9.17, 15) is 5.11 Å². The van der Waals surface area contributed by atoms with Gasteiger partial charge in [0.1, 0.15) is 12.4 Å². The van der Waals surface area contributed by atoms with E-state index in [0.29, 0.717) is 12.5 Å². The van der Waals surface area contributed by atoms with Gasteiger partial charge in [0.25, 0.3) is 0 Å². The minimum Gasteiger partial charge on any atom is -0.488 e. The molecule has 0 saturated heterocycles. The number of rotatable bonds is 6. The number of halogens is 1. The molecule has 3 N–H and O–H groups in total. The molecule has 1 aliphatic rings. The molecule has 2 aromatic rings. The summed E-state index contributed by atoms with van der Waals surface area (Å²) in [5, 5.41) is 10.4. The van der Waals surface area contributed by atoms with Crippen LogP contribution in [0.1, 0.15) is 47.6 Å². The average molecular weight is 362 g/mol. The van der Waals surface area contributed by atoms with Crippen LogP contribution in [0.5, 0.6) is 5.75 Å². The molecule has 3 nitrogen and oxygen atoms in total. The minimum absolute atomic E-state index is 0. The molecule has 2 atom stereocenters. The molecule has 4 heteroatoms. The monoisotopic (exact) mass is 361 g/mol. The fraction of sp³-hybridized carbons (Fsp3) is 0.429. The summed E-state index contributed by atoms with van der Waals surface area (Å²) >= 11 is 0. The molecule has 0 unspecified atom stereocenters. The molecule has 25 heavy (non-hydrogen) atoms. The molecule has 3 rings (SSSR count). The van der Waals surface area contributed by atoms with Gasteiger partial charge in [-0.1, -0.05) is 48.9 Å². The van der Waals surface area contributed by atoms with Crippen molar-refractivity contribution >= 4 is 12.4 Å². The van der Waals surface area contributed by atoms with Crippen LogP contribution < -0.4 is 10.5 Å². The zero-order valence-corrected chi connectivity index (χ0v) is 15.8. The highest BCUT2D eigenvalue weighted by molar-refractivity contribution is 5.85. The van der Waals surface area contributed by atoms with E-state index in [4.69, 9.17) is 10.5 Å². The molecule has 136 valence electrons. The second kappa shape index (κ2) is 8.70. The Kier molecular flexibility index (Phi) is 6.88. The third-order valence-corrected chi connectivity index (χ3v) is 5.09. The molecule has 1 saturated carbocycles. The molecular formula is C21H28ClNO2. The van der Waals surface area contributed by atoms with Crippen molar-refractivity contribution in [1.29, 1.82) is 0 Å². The van der Waals surface area contributed by atoms with Gasteiger partial charge in [-0.2, -0.15) is 0 Å². The summed E-state index contributed by atoms with van der Waals surface area (Å²) in [5.74, 6) is 1.27. The van der Waals surface area contributed by atoms with Gasteiger partial charge >= 0.3 is 0 Å². The third kappa shape index (κ3) is 4.55. The number of nitrogens with two attached hydrogens (primary N) is 1. The summed E-state index contributed by atoms with van der Waals surface area (Å²) < 4.78 is 6.03. The van der Waals surface area contributed by atoms with Crippen molar-refractivity contribution in [2.75, 3.05) is 0 Å². The zero-order valence-electron chi connectivity index (χ0n) is 14.9. The van der Waals surface area contributed by atoms with Crippen molar-refractivity contribution in [2.24, 2.45) is 11.7 Å². The Morgan fingerprint density at radius 3 is 2.24 bits per heavy atom. The molecule has 0 aromatic heterocycles. The second-order valence-electron chi connectivity index (χ2n) is 6.97. The summed E-state index contributed by atoms with van der Waals surface area (Å²) in [4.78, 5) is 0. The lowest BCUT2D eigenvalue weighted by atomic mass is 9.77. The van der Waals surface area contributed by atoms with E-state index in [-0.39, 0.29) is 18.4 Å². The van der Waals surface area contributed by atoms with Crippen LogP contribution in [0.25, 0.3) is 0 Å². The second-order valence-corrected chi connectivity index (χ2v) is 6.97. The highest BCUT2D eigenvalue weighted by Gasteiger charge is 2.31. The topological polar surface area (TPSA) is 55.5 Å². The maximum Gasteiger partial charge on any atom is 0.125 e. The van der Waals surface area contributed by atoms with Crippen molar-refractivity contribution in [1.82, 2.24) is 0 Å². The molecule has 0 amide bonds. The fourth-order valence-electron chi connectivity index (χ4n) is 3.41. The molecule has 2 aromatic carbocycles. The summed E-state index contributed by atoms with van der Waals surface area (Å²) in [6, 6.07) is 13.9. The van der Waals surface area contributed by atoms with Gasteiger partial charge in [0, 0.05) is 0 Å². The third-order valence-electron chi connectivity index (χ3n) is 5.09. The first kappa shape index (κ1) is 19.8. The summed E-state index contributed by atoms with van der Waals surface area (Å²) in [7, 11) is 0. The first-order valence-electron chi connectivity index (χ1n) is 8.78. The highest BCUT2D eigenvalue weighted by Crippen LogP contribution is 2.36. The Balaban J connectivity index is 0.00000225. The van der Waals surface area contributed by atoms with Crippen LogP contribution >= 0.6 is 12.4 Å². The number of hydrogen-bond acceptors (Lipinski definition) is 3. The first-order valence-corrected chi connectivity index (χ1v) is 8.78. The largest absolute Gasteiger partial charge is 0.488 e. The van der Waals surface area contributed by atoms with Crippen LogP contribution in [-0.4, -0.2) is 11.2 Å². The number of benzene rings is 2. The zero-order chi connectivity index (χ0) is 17.1. The Morgan fingerprint density at radius 2 is 1.72 bits per heavy atom. The van der Waals surface area contributed by atoms with Gasteiger partial charge in [0.2, 0.25) is 0 Å². The normalized spacial score (nSPS) is 16.5. The molecular weight excluding hydrogens is 334 g/mol. The molecule has 0 bridgehead atoms. The van der Waals surface area contributed by atoms with Crippen LogP contribution in [0, 0.1) is 19.8 Å². The number of aliphatic hydroxyl groups is 1. The van der Waals surface area contributed by atoms with Crippen molar-refractivity contribution in [3.05, 3.63) is 64.7 Å². The molecule has 1 aliphatic carbocycles. The number of hydrogen-bond donors (Lipinski definition) is 2.